The van der Waals surface area contributed by atoms with Gasteiger partial charge in [-0.05, 0) is 24.5 Å². The Hall–Kier alpha value is -1.91. The van der Waals surface area contributed by atoms with Crippen LogP contribution < -0.4 is 4.74 Å². The molecule has 4 nitrogen and oxygen atoms in total. The summed E-state index contributed by atoms with van der Waals surface area (Å²) in [6.07, 6.45) is 3.28. The van der Waals surface area contributed by atoms with E-state index in [0.29, 0.717) is 0 Å². The molecule has 1 aliphatic heterocycles. The normalized spacial score (nSPS) is 18.1. The van der Waals surface area contributed by atoms with Gasteiger partial charge in [0, 0.05) is 31.9 Å². The van der Waals surface area contributed by atoms with Crippen LogP contribution in [0.5, 0.6) is 5.75 Å². The molecule has 1 aliphatic rings. The number of pyridine rings is 1. The SMILES string of the molecule is COc1ccnc(CN2CCC(O)(c3ccccc3)CC2)c1. The summed E-state index contributed by atoms with van der Waals surface area (Å²) in [6, 6.07) is 13.8. The monoisotopic (exact) mass is 298 g/mol. The fourth-order valence-electron chi connectivity index (χ4n) is 3.02. The van der Waals surface area contributed by atoms with Crippen molar-refractivity contribution in [3.63, 3.8) is 0 Å². The van der Waals surface area contributed by atoms with Gasteiger partial charge in [0.05, 0.1) is 18.4 Å². The van der Waals surface area contributed by atoms with Gasteiger partial charge in [-0.1, -0.05) is 30.3 Å². The predicted molar refractivity (Wildman–Crippen MR) is 85.6 cm³/mol. The molecule has 3 rings (SSSR count). The third-order valence-electron chi connectivity index (χ3n) is 4.40. The molecule has 22 heavy (non-hydrogen) atoms. The summed E-state index contributed by atoms with van der Waals surface area (Å²) in [4.78, 5) is 6.72. The molecule has 0 radical (unpaired) electrons. The van der Waals surface area contributed by atoms with Crippen LogP contribution in [0.3, 0.4) is 0 Å². The summed E-state index contributed by atoms with van der Waals surface area (Å²) >= 11 is 0. The predicted octanol–water partition coefficient (Wildman–Crippen LogP) is 2.57. The van der Waals surface area contributed by atoms with Crippen LogP contribution in [0.1, 0.15) is 24.1 Å². The first-order chi connectivity index (χ1) is 10.7. The molecule has 0 spiro atoms. The van der Waals surface area contributed by atoms with Crippen molar-refractivity contribution < 1.29 is 9.84 Å². The van der Waals surface area contributed by atoms with Crippen LogP contribution in [0.2, 0.25) is 0 Å². The maximum Gasteiger partial charge on any atom is 0.122 e. The van der Waals surface area contributed by atoms with Gasteiger partial charge in [-0.2, -0.15) is 0 Å². The van der Waals surface area contributed by atoms with Gasteiger partial charge in [0.15, 0.2) is 0 Å². The first-order valence-corrected chi connectivity index (χ1v) is 7.69. The van der Waals surface area contributed by atoms with E-state index in [1.807, 2.05) is 42.5 Å². The summed E-state index contributed by atoms with van der Waals surface area (Å²) in [7, 11) is 1.67. The minimum atomic E-state index is -0.695. The van der Waals surface area contributed by atoms with Gasteiger partial charge in [-0.3, -0.25) is 9.88 Å². The van der Waals surface area contributed by atoms with Crippen LogP contribution in [0.4, 0.5) is 0 Å². The van der Waals surface area contributed by atoms with Crippen molar-refractivity contribution in [2.24, 2.45) is 0 Å². The summed E-state index contributed by atoms with van der Waals surface area (Å²) < 4.78 is 5.24. The number of nitrogens with zero attached hydrogens (tertiary/aromatic N) is 2. The third kappa shape index (κ3) is 3.29. The second-order valence-electron chi connectivity index (χ2n) is 5.86. The molecule has 2 heterocycles. The van der Waals surface area contributed by atoms with Gasteiger partial charge in [-0.25, -0.2) is 0 Å². The van der Waals surface area contributed by atoms with Crippen LogP contribution in [-0.4, -0.2) is 35.2 Å². The highest BCUT2D eigenvalue weighted by atomic mass is 16.5. The number of aliphatic hydroxyl groups is 1. The van der Waals surface area contributed by atoms with Crippen LogP contribution in [0.15, 0.2) is 48.7 Å². The van der Waals surface area contributed by atoms with E-state index in [9.17, 15) is 5.11 Å². The minimum absolute atomic E-state index is 0.695. The number of aromatic nitrogens is 1. The minimum Gasteiger partial charge on any atom is -0.497 e. The number of ether oxygens (including phenoxy) is 1. The zero-order chi connectivity index (χ0) is 15.4. The van der Waals surface area contributed by atoms with E-state index in [4.69, 9.17) is 4.74 Å². The summed E-state index contributed by atoms with van der Waals surface area (Å²) in [5.41, 5.74) is 1.33. The Labute approximate surface area is 131 Å². The van der Waals surface area contributed by atoms with Crippen molar-refractivity contribution in [2.45, 2.75) is 25.0 Å². The van der Waals surface area contributed by atoms with E-state index >= 15 is 0 Å². The van der Waals surface area contributed by atoms with Gasteiger partial charge >= 0.3 is 0 Å². The molecule has 4 heteroatoms. The molecule has 1 saturated heterocycles. The fourth-order valence-corrected chi connectivity index (χ4v) is 3.02. The van der Waals surface area contributed by atoms with Crippen molar-refractivity contribution in [3.8, 4) is 5.75 Å². The molecule has 1 N–H and O–H groups in total. The number of methoxy groups -OCH3 is 1. The molecule has 0 amide bonds. The van der Waals surface area contributed by atoms with E-state index in [2.05, 4.69) is 9.88 Å². The molecular weight excluding hydrogens is 276 g/mol. The highest BCUT2D eigenvalue weighted by molar-refractivity contribution is 5.24. The first kappa shape index (κ1) is 15.0. The maximum atomic E-state index is 10.8. The Morgan fingerprint density at radius 3 is 2.59 bits per heavy atom. The Morgan fingerprint density at radius 1 is 1.18 bits per heavy atom. The van der Waals surface area contributed by atoms with Gasteiger partial charge < -0.3 is 9.84 Å². The number of hydrogen-bond acceptors (Lipinski definition) is 4. The Bertz CT molecular complexity index is 607. The van der Waals surface area contributed by atoms with E-state index < -0.39 is 5.60 Å². The van der Waals surface area contributed by atoms with Crippen molar-refractivity contribution >= 4 is 0 Å². The molecule has 116 valence electrons. The number of likely N-dealkylation sites (tertiary alicyclic amines) is 1. The smallest absolute Gasteiger partial charge is 0.122 e. The zero-order valence-electron chi connectivity index (χ0n) is 12.9. The molecule has 1 aromatic carbocycles. The van der Waals surface area contributed by atoms with E-state index in [-0.39, 0.29) is 0 Å². The van der Waals surface area contributed by atoms with Crippen LogP contribution >= 0.6 is 0 Å². The maximum absolute atomic E-state index is 10.8. The number of benzene rings is 1. The van der Waals surface area contributed by atoms with E-state index in [1.165, 1.54) is 0 Å². The zero-order valence-corrected chi connectivity index (χ0v) is 12.9. The molecule has 0 unspecified atom stereocenters. The lowest BCUT2D eigenvalue weighted by atomic mass is 9.84. The fraction of sp³-hybridized carbons (Fsp3) is 0.389. The summed E-state index contributed by atoms with van der Waals surface area (Å²) in [6.45, 7) is 2.52. The molecule has 1 fully saturated rings. The Kier molecular flexibility index (Phi) is 4.41. The topological polar surface area (TPSA) is 45.6 Å². The highest BCUT2D eigenvalue weighted by Crippen LogP contribution is 2.33. The van der Waals surface area contributed by atoms with Crippen molar-refractivity contribution in [2.75, 3.05) is 20.2 Å². The van der Waals surface area contributed by atoms with Crippen molar-refractivity contribution in [1.29, 1.82) is 0 Å². The summed E-state index contributed by atoms with van der Waals surface area (Å²) in [5, 5.41) is 10.8. The Morgan fingerprint density at radius 2 is 1.91 bits per heavy atom. The van der Waals surface area contributed by atoms with E-state index in [0.717, 1.165) is 49.5 Å². The summed E-state index contributed by atoms with van der Waals surface area (Å²) in [5.74, 6) is 0.836. The highest BCUT2D eigenvalue weighted by Gasteiger charge is 2.33. The lowest BCUT2D eigenvalue weighted by molar-refractivity contribution is -0.0279. The second kappa shape index (κ2) is 6.46. The molecular formula is C18H22N2O2. The third-order valence-corrected chi connectivity index (χ3v) is 4.40. The van der Waals surface area contributed by atoms with Crippen molar-refractivity contribution in [1.82, 2.24) is 9.88 Å². The van der Waals surface area contributed by atoms with Gasteiger partial charge in [-0.15, -0.1) is 0 Å². The average molecular weight is 298 g/mol. The molecule has 0 aliphatic carbocycles. The molecule has 0 atom stereocenters. The standard InChI is InChI=1S/C18H22N2O2/c1-22-17-7-10-19-16(13-17)14-20-11-8-18(21,9-12-20)15-5-3-2-4-6-15/h2-7,10,13,21H,8-9,11-12,14H2,1H3. The Balaban J connectivity index is 1.62. The number of hydrogen-bond donors (Lipinski definition) is 1. The number of rotatable bonds is 4. The lowest BCUT2D eigenvalue weighted by Gasteiger charge is -2.38. The van der Waals surface area contributed by atoms with Crippen molar-refractivity contribution in [3.05, 3.63) is 59.9 Å². The molecule has 0 bridgehead atoms. The van der Waals surface area contributed by atoms with Gasteiger partial charge in [0.25, 0.3) is 0 Å². The molecule has 1 aromatic heterocycles. The second-order valence-corrected chi connectivity index (χ2v) is 5.86. The van der Waals surface area contributed by atoms with Gasteiger partial charge in [0.1, 0.15) is 5.75 Å². The first-order valence-electron chi connectivity index (χ1n) is 7.69. The molecule has 2 aromatic rings. The van der Waals surface area contributed by atoms with Gasteiger partial charge in [0.2, 0.25) is 0 Å². The van der Waals surface area contributed by atoms with E-state index in [1.54, 1.807) is 13.3 Å². The quantitative estimate of drug-likeness (QED) is 0.942. The number of piperidine rings is 1. The largest absolute Gasteiger partial charge is 0.497 e. The molecule has 0 saturated carbocycles. The van der Waals surface area contributed by atoms with Crippen LogP contribution in [0, 0.1) is 0 Å². The van der Waals surface area contributed by atoms with Crippen LogP contribution in [-0.2, 0) is 12.1 Å². The lowest BCUT2D eigenvalue weighted by Crippen LogP contribution is -2.42. The van der Waals surface area contributed by atoms with Crippen LogP contribution in [0.25, 0.3) is 0 Å². The average Bonchev–Trinajstić information content (AvgIpc) is 2.58.